The van der Waals surface area contributed by atoms with E-state index in [9.17, 15) is 4.79 Å². The molecule has 4 nitrogen and oxygen atoms in total. The molecule has 0 aliphatic heterocycles. The van der Waals surface area contributed by atoms with Gasteiger partial charge < -0.3 is 10.0 Å². The third kappa shape index (κ3) is 6.33. The lowest BCUT2D eigenvalue weighted by Crippen LogP contribution is -2.34. The number of benzene rings is 2. The fourth-order valence-electron chi connectivity index (χ4n) is 2.89. The minimum atomic E-state index is -0.880. The van der Waals surface area contributed by atoms with E-state index < -0.39 is 5.97 Å². The molecule has 0 aromatic heterocycles. The summed E-state index contributed by atoms with van der Waals surface area (Å²) in [4.78, 5) is 15.8. The number of hydrogen-bond donors (Lipinski definition) is 1. The molecule has 0 saturated heterocycles. The number of carboxylic acid groups (broad SMARTS) is 1. The maximum atomic E-state index is 11.0. The maximum absolute atomic E-state index is 11.0. The smallest absolute Gasteiger partial charge is 0.335 e. The second kappa shape index (κ2) is 9.97. The number of hydrogen-bond acceptors (Lipinski definition) is 3. The Bertz CT molecular complexity index is 637. The molecule has 0 unspecified atom stereocenters. The van der Waals surface area contributed by atoms with Crippen LogP contribution in [0.15, 0.2) is 54.6 Å². The van der Waals surface area contributed by atoms with Crippen LogP contribution in [-0.2, 0) is 13.1 Å². The second-order valence-electron chi connectivity index (χ2n) is 6.23. The summed E-state index contributed by atoms with van der Waals surface area (Å²) in [6.45, 7) is 10.2. The first-order valence-corrected chi connectivity index (χ1v) is 8.93. The first-order chi connectivity index (χ1) is 12.1. The topological polar surface area (TPSA) is 43.8 Å². The average Bonchev–Trinajstić information content (AvgIpc) is 2.63. The van der Waals surface area contributed by atoms with E-state index >= 15 is 0 Å². The number of rotatable bonds is 10. The molecular formula is C21H28N2O2. The van der Waals surface area contributed by atoms with Crippen molar-refractivity contribution in [3.63, 3.8) is 0 Å². The van der Waals surface area contributed by atoms with E-state index in [1.165, 1.54) is 5.56 Å². The number of likely N-dealkylation sites (N-methyl/N-ethyl adjacent to an activating group) is 1. The summed E-state index contributed by atoms with van der Waals surface area (Å²) in [5, 5.41) is 9.04. The van der Waals surface area contributed by atoms with Gasteiger partial charge >= 0.3 is 5.97 Å². The fraction of sp³-hybridized carbons (Fsp3) is 0.381. The van der Waals surface area contributed by atoms with E-state index in [-0.39, 0.29) is 0 Å². The van der Waals surface area contributed by atoms with Crippen molar-refractivity contribution in [2.24, 2.45) is 0 Å². The van der Waals surface area contributed by atoms with Crippen LogP contribution in [0.2, 0.25) is 0 Å². The van der Waals surface area contributed by atoms with Gasteiger partial charge in [0.1, 0.15) is 0 Å². The van der Waals surface area contributed by atoms with Gasteiger partial charge in [-0.15, -0.1) is 0 Å². The molecule has 4 heteroatoms. The molecule has 0 aliphatic carbocycles. The van der Waals surface area contributed by atoms with Crippen LogP contribution >= 0.6 is 0 Å². The van der Waals surface area contributed by atoms with Gasteiger partial charge in [-0.3, -0.25) is 4.90 Å². The Labute approximate surface area is 150 Å². The highest BCUT2D eigenvalue weighted by molar-refractivity contribution is 5.87. The summed E-state index contributed by atoms with van der Waals surface area (Å²) in [5.74, 6) is -0.880. The molecular weight excluding hydrogens is 312 g/mol. The number of aromatic carboxylic acids is 1. The molecule has 0 atom stereocenters. The van der Waals surface area contributed by atoms with Crippen molar-refractivity contribution in [3.8, 4) is 0 Å². The Kier molecular flexibility index (Phi) is 7.64. The standard InChI is InChI=1S/C21H28N2O2/c1-3-22(4-2)14-15-23(16-18-8-6-5-7-9-18)17-19-10-12-20(13-11-19)21(24)25/h5-13H,3-4,14-17H2,1-2H3,(H,24,25). The van der Waals surface area contributed by atoms with Crippen molar-refractivity contribution >= 4 is 5.97 Å². The number of carbonyl (C=O) groups is 1. The van der Waals surface area contributed by atoms with Gasteiger partial charge in [-0.25, -0.2) is 4.79 Å². The van der Waals surface area contributed by atoms with Crippen molar-refractivity contribution in [2.45, 2.75) is 26.9 Å². The third-order valence-electron chi connectivity index (χ3n) is 4.48. The molecule has 2 aromatic rings. The fourth-order valence-corrected chi connectivity index (χ4v) is 2.89. The zero-order valence-corrected chi connectivity index (χ0v) is 15.2. The molecule has 0 spiro atoms. The molecule has 2 rings (SSSR count). The molecule has 0 saturated carbocycles. The van der Waals surface area contributed by atoms with E-state index in [4.69, 9.17) is 5.11 Å². The highest BCUT2D eigenvalue weighted by Gasteiger charge is 2.10. The highest BCUT2D eigenvalue weighted by atomic mass is 16.4. The monoisotopic (exact) mass is 340 g/mol. The van der Waals surface area contributed by atoms with Crippen LogP contribution in [-0.4, -0.2) is 47.1 Å². The van der Waals surface area contributed by atoms with Crippen molar-refractivity contribution in [1.29, 1.82) is 0 Å². The van der Waals surface area contributed by atoms with Crippen molar-refractivity contribution < 1.29 is 9.90 Å². The summed E-state index contributed by atoms with van der Waals surface area (Å²) in [5.41, 5.74) is 2.77. The highest BCUT2D eigenvalue weighted by Crippen LogP contribution is 2.12. The number of nitrogens with zero attached hydrogens (tertiary/aromatic N) is 2. The SMILES string of the molecule is CCN(CC)CCN(Cc1ccccc1)Cc1ccc(C(=O)O)cc1. The Morgan fingerprint density at radius 3 is 1.84 bits per heavy atom. The van der Waals surface area contributed by atoms with Crippen LogP contribution in [0, 0.1) is 0 Å². The van der Waals surface area contributed by atoms with Gasteiger partial charge in [-0.1, -0.05) is 56.3 Å². The Morgan fingerprint density at radius 2 is 1.32 bits per heavy atom. The summed E-state index contributed by atoms with van der Waals surface area (Å²) < 4.78 is 0. The summed E-state index contributed by atoms with van der Waals surface area (Å²) in [6, 6.07) is 17.7. The predicted octanol–water partition coefficient (Wildman–Crippen LogP) is 3.73. The van der Waals surface area contributed by atoms with Crippen LogP contribution in [0.4, 0.5) is 0 Å². The minimum absolute atomic E-state index is 0.335. The minimum Gasteiger partial charge on any atom is -0.478 e. The molecule has 0 fully saturated rings. The maximum Gasteiger partial charge on any atom is 0.335 e. The first kappa shape index (κ1) is 19.2. The molecule has 0 heterocycles. The quantitative estimate of drug-likeness (QED) is 0.716. The van der Waals surface area contributed by atoms with E-state index in [0.29, 0.717) is 5.56 Å². The lowest BCUT2D eigenvalue weighted by molar-refractivity contribution is 0.0697. The largest absolute Gasteiger partial charge is 0.478 e. The molecule has 1 N–H and O–H groups in total. The van der Waals surface area contributed by atoms with Crippen molar-refractivity contribution in [3.05, 3.63) is 71.3 Å². The Balaban J connectivity index is 2.05. The van der Waals surface area contributed by atoms with Gasteiger partial charge in [0.2, 0.25) is 0 Å². The first-order valence-electron chi connectivity index (χ1n) is 8.93. The predicted molar refractivity (Wildman–Crippen MR) is 102 cm³/mol. The van der Waals surface area contributed by atoms with Crippen molar-refractivity contribution in [2.75, 3.05) is 26.2 Å². The van der Waals surface area contributed by atoms with Crippen LogP contribution in [0.5, 0.6) is 0 Å². The van der Waals surface area contributed by atoms with E-state index in [2.05, 4.69) is 47.9 Å². The molecule has 0 amide bonds. The van der Waals surface area contributed by atoms with Gasteiger partial charge in [0.25, 0.3) is 0 Å². The van der Waals surface area contributed by atoms with Gasteiger partial charge in [0.15, 0.2) is 0 Å². The second-order valence-corrected chi connectivity index (χ2v) is 6.23. The average molecular weight is 340 g/mol. The van der Waals surface area contributed by atoms with Crippen LogP contribution in [0.25, 0.3) is 0 Å². The lowest BCUT2D eigenvalue weighted by atomic mass is 10.1. The molecule has 0 aliphatic rings. The van der Waals surface area contributed by atoms with Crippen LogP contribution in [0.1, 0.15) is 35.3 Å². The molecule has 0 radical (unpaired) electrons. The molecule has 25 heavy (non-hydrogen) atoms. The summed E-state index contributed by atoms with van der Waals surface area (Å²) in [7, 11) is 0. The normalized spacial score (nSPS) is 11.2. The van der Waals surface area contributed by atoms with E-state index in [1.54, 1.807) is 12.1 Å². The molecule has 0 bridgehead atoms. The van der Waals surface area contributed by atoms with E-state index in [0.717, 1.165) is 44.8 Å². The lowest BCUT2D eigenvalue weighted by Gasteiger charge is -2.26. The van der Waals surface area contributed by atoms with Crippen LogP contribution < -0.4 is 0 Å². The van der Waals surface area contributed by atoms with Crippen molar-refractivity contribution in [1.82, 2.24) is 9.80 Å². The Hall–Kier alpha value is -2.17. The molecule has 2 aromatic carbocycles. The summed E-state index contributed by atoms with van der Waals surface area (Å²) in [6.07, 6.45) is 0. The van der Waals surface area contributed by atoms with Gasteiger partial charge in [0.05, 0.1) is 5.56 Å². The van der Waals surface area contributed by atoms with Crippen LogP contribution in [0.3, 0.4) is 0 Å². The summed E-state index contributed by atoms with van der Waals surface area (Å²) >= 11 is 0. The van der Waals surface area contributed by atoms with E-state index in [1.807, 2.05) is 18.2 Å². The van der Waals surface area contributed by atoms with Gasteiger partial charge in [-0.2, -0.15) is 0 Å². The third-order valence-corrected chi connectivity index (χ3v) is 4.48. The van der Waals surface area contributed by atoms with Gasteiger partial charge in [0, 0.05) is 26.2 Å². The number of carboxylic acids is 1. The zero-order valence-electron chi connectivity index (χ0n) is 15.2. The zero-order chi connectivity index (χ0) is 18.1. The molecule has 134 valence electrons. The van der Waals surface area contributed by atoms with Gasteiger partial charge in [-0.05, 0) is 36.3 Å². The Morgan fingerprint density at radius 1 is 0.800 bits per heavy atom.